The molecule has 0 fully saturated rings. The molecule has 0 aliphatic carbocycles. The molecule has 0 aromatic rings. The molecule has 0 unspecified atom stereocenters. The van der Waals surface area contributed by atoms with E-state index < -0.39 is 32.5 Å². The number of unbranched alkanes of at least 4 members (excludes halogenated alkanes) is 22. The van der Waals surface area contributed by atoms with Crippen LogP contribution in [0.3, 0.4) is 0 Å². The van der Waals surface area contributed by atoms with E-state index in [1.165, 1.54) is 128 Å². The fourth-order valence-electron chi connectivity index (χ4n) is 5.53. The van der Waals surface area contributed by atoms with Crippen molar-refractivity contribution >= 4 is 19.8 Å². The molecule has 0 amide bonds. The van der Waals surface area contributed by atoms with Gasteiger partial charge in [-0.2, -0.15) is 0 Å². The molecular weight excluding hydrogens is 627 g/mol. The van der Waals surface area contributed by atoms with Gasteiger partial charge in [0.15, 0.2) is 6.10 Å². The minimum Gasteiger partial charge on any atom is -0.462 e. The SMILES string of the molecule is CCCCCCCCCCCCC/C=C/CCC(=O)OC[C@H](COP(=O)(O)O)OC(=O)CC/C=C/CCCCCCCCCCCCC. The molecule has 2 N–H and O–H groups in total. The number of esters is 2. The van der Waals surface area contributed by atoms with E-state index in [1.807, 2.05) is 12.2 Å². The molecule has 0 aromatic heterocycles. The first kappa shape index (κ1) is 46.5. The molecule has 0 spiro atoms. The van der Waals surface area contributed by atoms with Crippen LogP contribution in [0.15, 0.2) is 24.3 Å². The Morgan fingerprint density at radius 1 is 0.521 bits per heavy atom. The monoisotopic (exact) mass is 701 g/mol. The largest absolute Gasteiger partial charge is 0.469 e. The van der Waals surface area contributed by atoms with E-state index in [0.29, 0.717) is 12.8 Å². The average Bonchev–Trinajstić information content (AvgIpc) is 3.05. The Labute approximate surface area is 294 Å². The summed E-state index contributed by atoms with van der Waals surface area (Å²) in [6.45, 7) is 3.62. The maximum atomic E-state index is 12.3. The highest BCUT2D eigenvalue weighted by Gasteiger charge is 2.22. The summed E-state index contributed by atoms with van der Waals surface area (Å²) in [6, 6.07) is 0. The third kappa shape index (κ3) is 37.4. The number of ether oxygens (including phenoxy) is 2. The lowest BCUT2D eigenvalue weighted by Gasteiger charge is -2.18. The zero-order valence-corrected chi connectivity index (χ0v) is 31.8. The number of carbonyl (C=O) groups excluding carboxylic acids is 2. The zero-order chi connectivity index (χ0) is 35.4. The average molecular weight is 701 g/mol. The lowest BCUT2D eigenvalue weighted by molar-refractivity contribution is -0.161. The summed E-state index contributed by atoms with van der Waals surface area (Å²) in [6.07, 6.45) is 39.2. The Kier molecular flexibility index (Phi) is 34.3. The molecule has 1 atom stereocenters. The third-order valence-electron chi connectivity index (χ3n) is 8.47. The van der Waals surface area contributed by atoms with Gasteiger partial charge in [0.2, 0.25) is 0 Å². The summed E-state index contributed by atoms with van der Waals surface area (Å²) in [4.78, 5) is 42.6. The first-order chi connectivity index (χ1) is 23.3. The Hall–Kier alpha value is -1.47. The number of phosphoric ester groups is 1. The van der Waals surface area contributed by atoms with E-state index >= 15 is 0 Å². The molecule has 0 heterocycles. The standard InChI is InChI=1S/C39H73O8P/c1-3-5-7-9-11-13-15-17-19-21-23-25-27-29-31-33-38(40)45-35-37(36-46-48(42,43)44)47-39(41)34-32-30-28-26-24-22-20-18-16-14-12-10-8-6-4-2/h27-30,37H,3-26,31-36H2,1-2H3,(H2,42,43,44)/b29-27+,30-28+/t37-/m1/s1. The van der Waals surface area contributed by atoms with Crippen LogP contribution >= 0.6 is 7.82 Å². The number of hydrogen-bond donors (Lipinski definition) is 2. The molecule has 0 aliphatic heterocycles. The van der Waals surface area contributed by atoms with E-state index in [9.17, 15) is 14.2 Å². The van der Waals surface area contributed by atoms with Gasteiger partial charge in [0.25, 0.3) is 0 Å². The van der Waals surface area contributed by atoms with Gasteiger partial charge in [0, 0.05) is 12.8 Å². The second-order valence-corrected chi connectivity index (χ2v) is 14.5. The van der Waals surface area contributed by atoms with Crippen molar-refractivity contribution in [2.45, 2.75) is 200 Å². The van der Waals surface area contributed by atoms with Crippen LogP contribution in [0.2, 0.25) is 0 Å². The zero-order valence-electron chi connectivity index (χ0n) is 30.9. The second-order valence-electron chi connectivity index (χ2n) is 13.2. The predicted octanol–water partition coefficient (Wildman–Crippen LogP) is 11.6. The summed E-state index contributed by atoms with van der Waals surface area (Å²) in [5, 5.41) is 0. The van der Waals surface area contributed by atoms with Crippen LogP contribution < -0.4 is 0 Å². The van der Waals surface area contributed by atoms with Crippen LogP contribution in [-0.4, -0.2) is 41.0 Å². The molecule has 0 aromatic carbocycles. The minimum atomic E-state index is -4.76. The highest BCUT2D eigenvalue weighted by atomic mass is 31.2. The topological polar surface area (TPSA) is 119 Å². The van der Waals surface area contributed by atoms with Gasteiger partial charge < -0.3 is 19.3 Å². The van der Waals surface area contributed by atoms with Crippen molar-refractivity contribution in [1.29, 1.82) is 0 Å². The summed E-state index contributed by atoms with van der Waals surface area (Å²) < 4.78 is 26.2. The van der Waals surface area contributed by atoms with Crippen molar-refractivity contribution in [3.63, 3.8) is 0 Å². The van der Waals surface area contributed by atoms with Crippen molar-refractivity contribution in [2.75, 3.05) is 13.2 Å². The second kappa shape index (κ2) is 35.4. The van der Waals surface area contributed by atoms with Gasteiger partial charge in [-0.15, -0.1) is 0 Å². The van der Waals surface area contributed by atoms with Crippen molar-refractivity contribution < 1.29 is 37.9 Å². The Balaban J connectivity index is 4.01. The molecule has 0 aliphatic rings. The number of rotatable bonds is 36. The number of hydrogen-bond acceptors (Lipinski definition) is 6. The van der Waals surface area contributed by atoms with Gasteiger partial charge in [0.05, 0.1) is 6.61 Å². The number of allylic oxidation sites excluding steroid dienone is 4. The first-order valence-corrected chi connectivity index (χ1v) is 21.2. The van der Waals surface area contributed by atoms with Gasteiger partial charge in [0.1, 0.15) is 6.61 Å². The van der Waals surface area contributed by atoms with Gasteiger partial charge in [-0.3, -0.25) is 14.1 Å². The summed E-state index contributed by atoms with van der Waals surface area (Å²) in [5.74, 6) is -0.994. The molecule has 8 nitrogen and oxygen atoms in total. The van der Waals surface area contributed by atoms with Gasteiger partial charge in [-0.05, 0) is 38.5 Å². The van der Waals surface area contributed by atoms with Crippen molar-refractivity contribution in [3.05, 3.63) is 24.3 Å². The Morgan fingerprint density at radius 3 is 1.27 bits per heavy atom. The first-order valence-electron chi connectivity index (χ1n) is 19.6. The highest BCUT2D eigenvalue weighted by Crippen LogP contribution is 2.36. The van der Waals surface area contributed by atoms with Crippen LogP contribution in [0, 0.1) is 0 Å². The van der Waals surface area contributed by atoms with Gasteiger partial charge in [-0.1, -0.05) is 167 Å². The van der Waals surface area contributed by atoms with E-state index in [-0.39, 0.29) is 19.4 Å². The van der Waals surface area contributed by atoms with Crippen LogP contribution in [0.4, 0.5) is 0 Å². The van der Waals surface area contributed by atoms with E-state index in [4.69, 9.17) is 19.3 Å². The quantitative estimate of drug-likeness (QED) is 0.0287. The smallest absolute Gasteiger partial charge is 0.462 e. The fourth-order valence-corrected chi connectivity index (χ4v) is 5.89. The number of phosphoric acid groups is 1. The lowest BCUT2D eigenvalue weighted by atomic mass is 10.1. The normalized spacial score (nSPS) is 12.7. The van der Waals surface area contributed by atoms with Crippen LogP contribution in [0.25, 0.3) is 0 Å². The molecule has 282 valence electrons. The lowest BCUT2D eigenvalue weighted by Crippen LogP contribution is -2.29. The minimum absolute atomic E-state index is 0.124. The van der Waals surface area contributed by atoms with Crippen molar-refractivity contribution in [1.82, 2.24) is 0 Å². The summed E-state index contributed by atoms with van der Waals surface area (Å²) in [7, 11) is -4.76. The fraction of sp³-hybridized carbons (Fsp3) is 0.846. The maximum Gasteiger partial charge on any atom is 0.469 e. The van der Waals surface area contributed by atoms with E-state index in [1.54, 1.807) is 0 Å². The third-order valence-corrected chi connectivity index (χ3v) is 8.95. The van der Waals surface area contributed by atoms with Crippen molar-refractivity contribution in [3.8, 4) is 0 Å². The summed E-state index contributed by atoms with van der Waals surface area (Å²) >= 11 is 0. The Bertz CT molecular complexity index is 838. The molecule has 0 radical (unpaired) electrons. The van der Waals surface area contributed by atoms with Crippen LogP contribution in [-0.2, 0) is 28.2 Å². The molecule has 0 saturated carbocycles. The maximum absolute atomic E-state index is 12.3. The van der Waals surface area contributed by atoms with Crippen molar-refractivity contribution in [2.24, 2.45) is 0 Å². The van der Waals surface area contributed by atoms with Gasteiger partial charge >= 0.3 is 19.8 Å². The molecule has 9 heteroatoms. The molecule has 0 saturated heterocycles. The molecule has 48 heavy (non-hydrogen) atoms. The molecule has 0 bridgehead atoms. The van der Waals surface area contributed by atoms with Crippen LogP contribution in [0.1, 0.15) is 194 Å². The van der Waals surface area contributed by atoms with Crippen LogP contribution in [0.5, 0.6) is 0 Å². The predicted molar refractivity (Wildman–Crippen MR) is 198 cm³/mol. The van der Waals surface area contributed by atoms with E-state index in [0.717, 1.165) is 25.7 Å². The van der Waals surface area contributed by atoms with E-state index in [2.05, 4.69) is 30.5 Å². The molecule has 0 rings (SSSR count). The Morgan fingerprint density at radius 2 is 0.875 bits per heavy atom. The highest BCUT2D eigenvalue weighted by molar-refractivity contribution is 7.46. The van der Waals surface area contributed by atoms with Gasteiger partial charge in [-0.25, -0.2) is 4.57 Å². The number of carbonyl (C=O) groups is 2. The molecular formula is C39H73O8P. The summed E-state index contributed by atoms with van der Waals surface area (Å²) in [5.41, 5.74) is 0.